The minimum absolute atomic E-state index is 0.0264. The molecule has 0 spiro atoms. The molecular weight excluding hydrogens is 344 g/mol. The van der Waals surface area contributed by atoms with E-state index in [1.54, 1.807) is 7.05 Å². The summed E-state index contributed by atoms with van der Waals surface area (Å²) in [4.78, 5) is 33.2. The molecule has 0 atom stereocenters. The van der Waals surface area contributed by atoms with Gasteiger partial charge in [-0.3, -0.25) is 18.9 Å². The van der Waals surface area contributed by atoms with Crippen LogP contribution in [0.15, 0.2) is 47.5 Å². The van der Waals surface area contributed by atoms with Crippen LogP contribution >= 0.6 is 0 Å². The van der Waals surface area contributed by atoms with Gasteiger partial charge in [-0.1, -0.05) is 18.2 Å². The first-order valence-electron chi connectivity index (χ1n) is 8.68. The number of nitrogens with zero attached hydrogens (tertiary/aromatic N) is 4. The van der Waals surface area contributed by atoms with Crippen molar-refractivity contribution >= 4 is 11.6 Å². The number of benzene rings is 1. The largest absolute Gasteiger partial charge is 0.504 e. The van der Waals surface area contributed by atoms with Gasteiger partial charge in [0, 0.05) is 39.1 Å². The average molecular weight is 364 g/mol. The molecule has 1 amide bonds. The minimum atomic E-state index is -0.497. The average Bonchev–Trinajstić information content (AvgIpc) is 3.01. The van der Waals surface area contributed by atoms with Crippen molar-refractivity contribution < 1.29 is 9.90 Å². The summed E-state index contributed by atoms with van der Waals surface area (Å²) in [6.07, 6.45) is 2.71. The monoisotopic (exact) mass is 364 g/mol. The minimum Gasteiger partial charge on any atom is -0.504 e. The molecule has 0 unspecified atom stereocenters. The molecule has 27 heavy (non-hydrogen) atoms. The third-order valence-electron chi connectivity index (χ3n) is 4.86. The van der Waals surface area contributed by atoms with E-state index in [2.05, 4.69) is 29.1 Å². The molecule has 7 nitrogen and oxygen atoms in total. The molecular formula is C20H20N4O3. The van der Waals surface area contributed by atoms with Crippen LogP contribution in [0.4, 0.5) is 0 Å². The number of hydrogen-bond donors (Lipinski definition) is 1. The van der Waals surface area contributed by atoms with Crippen LogP contribution in [0, 0.1) is 0 Å². The zero-order chi connectivity index (χ0) is 19.1. The zero-order valence-electron chi connectivity index (χ0n) is 15.2. The maximum Gasteiger partial charge on any atom is 0.270 e. The van der Waals surface area contributed by atoms with Crippen molar-refractivity contribution in [3.8, 4) is 5.75 Å². The Balaban J connectivity index is 1.60. The van der Waals surface area contributed by atoms with Gasteiger partial charge < -0.3 is 10.0 Å². The maximum absolute atomic E-state index is 12.8. The summed E-state index contributed by atoms with van der Waals surface area (Å²) in [6.45, 7) is 2.25. The normalized spacial score (nSPS) is 13.7. The molecule has 1 aliphatic heterocycles. The van der Waals surface area contributed by atoms with E-state index in [9.17, 15) is 14.7 Å². The topological polar surface area (TPSA) is 78.2 Å². The molecule has 3 heterocycles. The van der Waals surface area contributed by atoms with E-state index in [1.165, 1.54) is 45.0 Å². The van der Waals surface area contributed by atoms with Crippen LogP contribution in [0.25, 0.3) is 5.65 Å². The van der Waals surface area contributed by atoms with Gasteiger partial charge in [0.05, 0.1) is 0 Å². The lowest BCUT2D eigenvalue weighted by atomic mass is 10.1. The Hall–Kier alpha value is -3.19. The number of carbonyl (C=O) groups is 1. The molecule has 1 aromatic carbocycles. The van der Waals surface area contributed by atoms with E-state index in [1.807, 2.05) is 6.07 Å². The van der Waals surface area contributed by atoms with Gasteiger partial charge in [0.1, 0.15) is 5.56 Å². The van der Waals surface area contributed by atoms with Crippen LogP contribution in [0.1, 0.15) is 27.0 Å². The fraction of sp³-hybridized carbons (Fsp3) is 0.250. The molecule has 1 aliphatic rings. The molecule has 4 rings (SSSR count). The van der Waals surface area contributed by atoms with Crippen molar-refractivity contribution in [1.29, 1.82) is 0 Å². The lowest BCUT2D eigenvalue weighted by Crippen LogP contribution is -2.33. The van der Waals surface area contributed by atoms with Crippen molar-refractivity contribution in [2.24, 2.45) is 0 Å². The van der Waals surface area contributed by atoms with Gasteiger partial charge in [0.15, 0.2) is 11.4 Å². The summed E-state index contributed by atoms with van der Waals surface area (Å²) < 4.78 is 1.18. The molecule has 7 heteroatoms. The predicted molar refractivity (Wildman–Crippen MR) is 101 cm³/mol. The van der Waals surface area contributed by atoms with E-state index in [-0.39, 0.29) is 17.0 Å². The first-order valence-corrected chi connectivity index (χ1v) is 8.68. The summed E-state index contributed by atoms with van der Waals surface area (Å²) in [5, 5.41) is 9.80. The highest BCUT2D eigenvalue weighted by Crippen LogP contribution is 2.23. The van der Waals surface area contributed by atoms with E-state index in [0.717, 1.165) is 18.7 Å². The molecule has 2 aromatic heterocycles. The molecule has 0 fully saturated rings. The molecule has 138 valence electrons. The van der Waals surface area contributed by atoms with E-state index < -0.39 is 11.5 Å². The van der Waals surface area contributed by atoms with Crippen LogP contribution < -0.4 is 5.56 Å². The first-order chi connectivity index (χ1) is 12.9. The Bertz CT molecular complexity index is 1110. The van der Waals surface area contributed by atoms with Gasteiger partial charge in [-0.05, 0) is 35.9 Å². The lowest BCUT2D eigenvalue weighted by Gasteiger charge is -2.17. The second kappa shape index (κ2) is 6.51. The summed E-state index contributed by atoms with van der Waals surface area (Å²) in [5.74, 6) is -0.507. The number of aromatic nitrogens is 2. The molecule has 0 aliphatic carbocycles. The summed E-state index contributed by atoms with van der Waals surface area (Å²) in [6, 6.07) is 9.21. The smallest absolute Gasteiger partial charge is 0.270 e. The third-order valence-corrected chi connectivity index (χ3v) is 4.86. The quantitative estimate of drug-likeness (QED) is 0.764. The number of amides is 1. The molecule has 0 saturated carbocycles. The second-order valence-electron chi connectivity index (χ2n) is 7.00. The van der Waals surface area contributed by atoms with E-state index >= 15 is 0 Å². The van der Waals surface area contributed by atoms with Gasteiger partial charge in [0.2, 0.25) is 0 Å². The van der Waals surface area contributed by atoms with Crippen molar-refractivity contribution in [2.75, 3.05) is 14.1 Å². The summed E-state index contributed by atoms with van der Waals surface area (Å²) >= 11 is 0. The van der Waals surface area contributed by atoms with Crippen LogP contribution in [-0.4, -0.2) is 44.3 Å². The predicted octanol–water partition coefficient (Wildman–Crippen LogP) is 1.62. The van der Waals surface area contributed by atoms with Crippen LogP contribution in [0.3, 0.4) is 0 Å². The number of hydrogen-bond acceptors (Lipinski definition) is 5. The lowest BCUT2D eigenvalue weighted by molar-refractivity contribution is 0.0782. The number of fused-ring (bicyclic) bond motifs is 2. The number of pyridine rings is 1. The highest BCUT2D eigenvalue weighted by Gasteiger charge is 2.20. The van der Waals surface area contributed by atoms with Crippen molar-refractivity contribution in [2.45, 2.75) is 19.6 Å². The second-order valence-corrected chi connectivity index (χ2v) is 7.00. The number of carbonyl (C=O) groups excluding carboxylic acids is 1. The standard InChI is InChI=1S/C20H20N4O3/c1-22-11-14-6-5-13(8-15(14)12-22)10-23(2)19(26)16-9-21-18-17(25)4-3-7-24(18)20(16)27/h3-9,25H,10-12H2,1-2H3. The Kier molecular flexibility index (Phi) is 4.16. The van der Waals surface area contributed by atoms with E-state index in [0.29, 0.717) is 6.54 Å². The van der Waals surface area contributed by atoms with Gasteiger partial charge in [-0.2, -0.15) is 0 Å². The SMILES string of the molecule is CN1Cc2ccc(CN(C)C(=O)c3cnc4c(O)cccn4c3=O)cc2C1. The third kappa shape index (κ3) is 3.06. The van der Waals surface area contributed by atoms with Gasteiger partial charge in [-0.15, -0.1) is 0 Å². The van der Waals surface area contributed by atoms with Crippen molar-refractivity contribution in [1.82, 2.24) is 19.2 Å². The Morgan fingerprint density at radius 1 is 1.26 bits per heavy atom. The Labute approximate surface area is 156 Å². The van der Waals surface area contributed by atoms with Gasteiger partial charge >= 0.3 is 0 Å². The molecule has 0 bridgehead atoms. The first kappa shape index (κ1) is 17.2. The highest BCUT2D eigenvalue weighted by atomic mass is 16.3. The fourth-order valence-electron chi connectivity index (χ4n) is 3.51. The Morgan fingerprint density at radius 3 is 2.85 bits per heavy atom. The highest BCUT2D eigenvalue weighted by molar-refractivity contribution is 5.93. The Morgan fingerprint density at radius 2 is 2.04 bits per heavy atom. The van der Waals surface area contributed by atoms with Gasteiger partial charge in [0.25, 0.3) is 11.5 Å². The van der Waals surface area contributed by atoms with Crippen molar-refractivity contribution in [3.05, 3.63) is 75.3 Å². The van der Waals surface area contributed by atoms with Gasteiger partial charge in [-0.25, -0.2) is 4.98 Å². The maximum atomic E-state index is 12.8. The molecule has 3 aromatic rings. The molecule has 0 radical (unpaired) electrons. The summed E-state index contributed by atoms with van der Waals surface area (Å²) in [5.41, 5.74) is 3.21. The molecule has 0 saturated heterocycles. The van der Waals surface area contributed by atoms with E-state index in [4.69, 9.17) is 0 Å². The fourth-order valence-corrected chi connectivity index (χ4v) is 3.51. The molecule has 1 N–H and O–H groups in total. The van der Waals surface area contributed by atoms with Crippen LogP contribution in [0.5, 0.6) is 5.75 Å². The number of rotatable bonds is 3. The van der Waals surface area contributed by atoms with Crippen molar-refractivity contribution in [3.63, 3.8) is 0 Å². The van der Waals surface area contributed by atoms with Crippen LogP contribution in [-0.2, 0) is 19.6 Å². The van der Waals surface area contributed by atoms with Crippen LogP contribution in [0.2, 0.25) is 0 Å². The number of aromatic hydroxyl groups is 1. The zero-order valence-corrected chi connectivity index (χ0v) is 15.2. The summed E-state index contributed by atoms with van der Waals surface area (Å²) in [7, 11) is 3.74.